The molecule has 0 saturated carbocycles. The van der Waals surface area contributed by atoms with Crippen molar-refractivity contribution in [2.45, 2.75) is 19.9 Å². The summed E-state index contributed by atoms with van der Waals surface area (Å²) in [7, 11) is 0. The van der Waals surface area contributed by atoms with Gasteiger partial charge in [0.1, 0.15) is 5.75 Å². The van der Waals surface area contributed by atoms with E-state index in [-0.39, 0.29) is 12.5 Å². The Balaban J connectivity index is 2.59. The van der Waals surface area contributed by atoms with E-state index in [2.05, 4.69) is 5.32 Å². The van der Waals surface area contributed by atoms with Crippen LogP contribution in [-0.2, 0) is 11.3 Å². The van der Waals surface area contributed by atoms with Crippen molar-refractivity contribution in [3.63, 3.8) is 0 Å². The molecule has 0 bridgehead atoms. The third-order valence-electron chi connectivity index (χ3n) is 2.19. The quantitative estimate of drug-likeness (QED) is 0.814. The van der Waals surface area contributed by atoms with Crippen LogP contribution in [0.4, 0.5) is 0 Å². The fourth-order valence-corrected chi connectivity index (χ4v) is 1.58. The van der Waals surface area contributed by atoms with E-state index in [9.17, 15) is 4.79 Å². The molecule has 1 amide bonds. The molecule has 0 aliphatic heterocycles. The van der Waals surface area contributed by atoms with Gasteiger partial charge >= 0.3 is 0 Å². The molecule has 5 heteroatoms. The highest BCUT2D eigenvalue weighted by atomic mass is 35.5. The van der Waals surface area contributed by atoms with E-state index >= 15 is 0 Å². The second-order valence-electron chi connectivity index (χ2n) is 3.57. The van der Waals surface area contributed by atoms with Crippen molar-refractivity contribution < 1.29 is 9.53 Å². The molecule has 0 spiro atoms. The average Bonchev–Trinajstić information content (AvgIpc) is 2.34. The molecule has 0 aromatic heterocycles. The Morgan fingerprint density at radius 3 is 2.94 bits per heavy atom. The second kappa shape index (κ2) is 7.14. The molecule has 0 radical (unpaired) electrons. The summed E-state index contributed by atoms with van der Waals surface area (Å²) in [6.45, 7) is 2.92. The number of rotatable bonds is 6. The summed E-state index contributed by atoms with van der Waals surface area (Å²) >= 11 is 5.98. The second-order valence-corrected chi connectivity index (χ2v) is 3.98. The van der Waals surface area contributed by atoms with E-state index in [4.69, 9.17) is 22.1 Å². The smallest absolute Gasteiger partial charge is 0.257 e. The molecule has 0 saturated heterocycles. The molecule has 94 valence electrons. The summed E-state index contributed by atoms with van der Waals surface area (Å²) in [5, 5.41) is 3.19. The monoisotopic (exact) mass is 256 g/mol. The maximum absolute atomic E-state index is 11.4. The van der Waals surface area contributed by atoms with Gasteiger partial charge in [0.05, 0.1) is 5.02 Å². The lowest BCUT2D eigenvalue weighted by molar-refractivity contribution is -0.123. The first kappa shape index (κ1) is 13.8. The maximum Gasteiger partial charge on any atom is 0.257 e. The molecule has 0 heterocycles. The van der Waals surface area contributed by atoms with Crippen molar-refractivity contribution in [3.8, 4) is 5.75 Å². The van der Waals surface area contributed by atoms with Gasteiger partial charge in [0.25, 0.3) is 5.91 Å². The molecule has 1 aromatic rings. The molecule has 4 nitrogen and oxygen atoms in total. The van der Waals surface area contributed by atoms with E-state index in [0.717, 1.165) is 12.0 Å². The number of hydrogen-bond acceptors (Lipinski definition) is 3. The fourth-order valence-electron chi connectivity index (χ4n) is 1.33. The SMILES string of the molecule is CCCNC(=O)COc1c(Cl)cccc1CN. The Kier molecular flexibility index (Phi) is 5.80. The zero-order chi connectivity index (χ0) is 12.7. The molecule has 0 atom stereocenters. The van der Waals surface area contributed by atoms with Crippen LogP contribution in [0.5, 0.6) is 5.75 Å². The van der Waals surface area contributed by atoms with Gasteiger partial charge in [0, 0.05) is 18.7 Å². The number of carbonyl (C=O) groups excluding carboxylic acids is 1. The van der Waals surface area contributed by atoms with E-state index in [1.807, 2.05) is 13.0 Å². The predicted molar refractivity (Wildman–Crippen MR) is 68.1 cm³/mol. The van der Waals surface area contributed by atoms with Gasteiger partial charge in [-0.05, 0) is 12.5 Å². The fraction of sp³-hybridized carbons (Fsp3) is 0.417. The van der Waals surface area contributed by atoms with Crippen molar-refractivity contribution in [2.75, 3.05) is 13.2 Å². The number of ether oxygens (including phenoxy) is 1. The van der Waals surface area contributed by atoms with Crippen molar-refractivity contribution in [3.05, 3.63) is 28.8 Å². The first-order valence-corrected chi connectivity index (χ1v) is 5.93. The van der Waals surface area contributed by atoms with Gasteiger partial charge in [-0.25, -0.2) is 0 Å². The van der Waals surface area contributed by atoms with Crippen molar-refractivity contribution in [2.24, 2.45) is 5.73 Å². The van der Waals surface area contributed by atoms with Crippen LogP contribution in [0.2, 0.25) is 5.02 Å². The molecule has 0 aliphatic carbocycles. The van der Waals surface area contributed by atoms with Crippen LogP contribution in [0.3, 0.4) is 0 Å². The van der Waals surface area contributed by atoms with Gasteiger partial charge in [-0.2, -0.15) is 0 Å². The Morgan fingerprint density at radius 2 is 2.29 bits per heavy atom. The first-order chi connectivity index (χ1) is 8.19. The van der Waals surface area contributed by atoms with Crippen molar-refractivity contribution >= 4 is 17.5 Å². The van der Waals surface area contributed by atoms with E-state index < -0.39 is 0 Å². The minimum atomic E-state index is -0.158. The van der Waals surface area contributed by atoms with Gasteiger partial charge in [0.15, 0.2) is 6.61 Å². The number of hydrogen-bond donors (Lipinski definition) is 2. The lowest BCUT2D eigenvalue weighted by Crippen LogP contribution is -2.29. The Bertz CT molecular complexity index is 383. The van der Waals surface area contributed by atoms with Crippen LogP contribution in [0.15, 0.2) is 18.2 Å². The molecule has 0 fully saturated rings. The van der Waals surface area contributed by atoms with Crippen LogP contribution in [0, 0.1) is 0 Å². The lowest BCUT2D eigenvalue weighted by atomic mass is 10.2. The normalized spacial score (nSPS) is 10.1. The average molecular weight is 257 g/mol. The highest BCUT2D eigenvalue weighted by molar-refractivity contribution is 6.32. The summed E-state index contributed by atoms with van der Waals surface area (Å²) < 4.78 is 5.39. The topological polar surface area (TPSA) is 64.3 Å². The summed E-state index contributed by atoms with van der Waals surface area (Å²) in [5.74, 6) is 0.332. The van der Waals surface area contributed by atoms with E-state index in [1.165, 1.54) is 0 Å². The molecule has 0 aliphatic rings. The Hall–Kier alpha value is -1.26. The molecule has 3 N–H and O–H groups in total. The number of nitrogens with two attached hydrogens (primary N) is 1. The number of carbonyl (C=O) groups is 1. The Labute approximate surface area is 106 Å². The number of nitrogens with one attached hydrogen (secondary N) is 1. The van der Waals surface area contributed by atoms with Gasteiger partial charge in [-0.3, -0.25) is 4.79 Å². The van der Waals surface area contributed by atoms with Crippen molar-refractivity contribution in [1.82, 2.24) is 5.32 Å². The minimum Gasteiger partial charge on any atom is -0.482 e. The van der Waals surface area contributed by atoms with Gasteiger partial charge in [-0.15, -0.1) is 0 Å². The van der Waals surface area contributed by atoms with E-state index in [0.29, 0.717) is 23.9 Å². The zero-order valence-electron chi connectivity index (χ0n) is 9.83. The van der Waals surface area contributed by atoms with Crippen LogP contribution in [0.25, 0.3) is 0 Å². The van der Waals surface area contributed by atoms with Crippen LogP contribution in [0.1, 0.15) is 18.9 Å². The van der Waals surface area contributed by atoms with E-state index in [1.54, 1.807) is 12.1 Å². The van der Waals surface area contributed by atoms with Crippen molar-refractivity contribution in [1.29, 1.82) is 0 Å². The van der Waals surface area contributed by atoms with Crippen LogP contribution in [-0.4, -0.2) is 19.1 Å². The molecule has 0 unspecified atom stereocenters. The minimum absolute atomic E-state index is 0.0449. The largest absolute Gasteiger partial charge is 0.482 e. The van der Waals surface area contributed by atoms with Crippen LogP contribution >= 0.6 is 11.6 Å². The molecular formula is C12H17ClN2O2. The van der Waals surface area contributed by atoms with Crippen LogP contribution < -0.4 is 15.8 Å². The molecule has 17 heavy (non-hydrogen) atoms. The zero-order valence-corrected chi connectivity index (χ0v) is 10.6. The summed E-state index contributed by atoms with van der Waals surface area (Å²) in [5.41, 5.74) is 6.36. The summed E-state index contributed by atoms with van der Waals surface area (Å²) in [6, 6.07) is 5.33. The van der Waals surface area contributed by atoms with Gasteiger partial charge < -0.3 is 15.8 Å². The third-order valence-corrected chi connectivity index (χ3v) is 2.49. The third kappa shape index (κ3) is 4.24. The lowest BCUT2D eigenvalue weighted by Gasteiger charge is -2.11. The molecule has 1 aromatic carbocycles. The summed E-state index contributed by atoms with van der Waals surface area (Å²) in [4.78, 5) is 11.4. The number of benzene rings is 1. The van der Waals surface area contributed by atoms with Gasteiger partial charge in [-0.1, -0.05) is 30.7 Å². The predicted octanol–water partition coefficient (Wildman–Crippen LogP) is 1.70. The number of amides is 1. The molecular weight excluding hydrogens is 240 g/mol. The molecule has 1 rings (SSSR count). The van der Waals surface area contributed by atoms with Gasteiger partial charge in [0.2, 0.25) is 0 Å². The summed E-state index contributed by atoms with van der Waals surface area (Å²) in [6.07, 6.45) is 0.895. The highest BCUT2D eigenvalue weighted by Crippen LogP contribution is 2.28. The standard InChI is InChI=1S/C12H17ClN2O2/c1-2-6-15-11(16)8-17-12-9(7-14)4-3-5-10(12)13/h3-5H,2,6-8,14H2,1H3,(H,15,16). The maximum atomic E-state index is 11.4. The first-order valence-electron chi connectivity index (χ1n) is 5.56. The number of halogens is 1. The number of para-hydroxylation sites is 1. The highest BCUT2D eigenvalue weighted by Gasteiger charge is 2.09. The Morgan fingerprint density at radius 1 is 1.53 bits per heavy atom.